The van der Waals surface area contributed by atoms with Crippen molar-refractivity contribution in [2.24, 2.45) is 0 Å². The summed E-state index contributed by atoms with van der Waals surface area (Å²) < 4.78 is 6.77. The molecule has 2 N–H and O–H groups in total. The molecule has 1 aromatic rings. The summed E-state index contributed by atoms with van der Waals surface area (Å²) in [6, 6.07) is 0.569. The average Bonchev–Trinajstić information content (AvgIpc) is 2.30. The van der Waals surface area contributed by atoms with E-state index in [0.717, 1.165) is 6.54 Å². The number of hydrogen-bond donors (Lipinski definition) is 1. The molecule has 0 aromatic carbocycles. The smallest absolute Gasteiger partial charge is 0.298 e. The monoisotopic (exact) mass is 141 g/mol. The zero-order valence-corrected chi connectivity index (χ0v) is 6.16. The van der Waals surface area contributed by atoms with Crippen molar-refractivity contribution in [2.45, 2.75) is 13.5 Å². The van der Waals surface area contributed by atoms with Gasteiger partial charge in [-0.15, -0.1) is 0 Å². The van der Waals surface area contributed by atoms with Crippen LogP contribution in [0, 0.1) is 0 Å². The molecule has 1 aromatic heterocycles. The van der Waals surface area contributed by atoms with Crippen molar-refractivity contribution in [1.29, 1.82) is 0 Å². The molecule has 0 fully saturated rings. The highest BCUT2D eigenvalue weighted by molar-refractivity contribution is 5.28. The van der Waals surface area contributed by atoms with E-state index in [1.54, 1.807) is 13.3 Å². The molecular formula is C6H11N3O. The zero-order valence-electron chi connectivity index (χ0n) is 6.16. The summed E-state index contributed by atoms with van der Waals surface area (Å²) in [7, 11) is 1.58. The fourth-order valence-electron chi connectivity index (χ4n) is 0.808. The van der Waals surface area contributed by atoms with Crippen LogP contribution in [0.3, 0.4) is 0 Å². The third-order valence-corrected chi connectivity index (χ3v) is 1.28. The Labute approximate surface area is 59.6 Å². The van der Waals surface area contributed by atoms with Crippen LogP contribution in [0.2, 0.25) is 0 Å². The van der Waals surface area contributed by atoms with Crippen LogP contribution < -0.4 is 10.5 Å². The van der Waals surface area contributed by atoms with Crippen LogP contribution >= 0.6 is 0 Å². The van der Waals surface area contributed by atoms with Gasteiger partial charge in [-0.25, -0.2) is 0 Å². The molecule has 0 unspecified atom stereocenters. The number of aryl methyl sites for hydroxylation is 1. The minimum atomic E-state index is 0.499. The number of anilines is 1. The molecule has 10 heavy (non-hydrogen) atoms. The van der Waals surface area contributed by atoms with Crippen LogP contribution in [0.5, 0.6) is 6.01 Å². The number of rotatable bonds is 2. The highest BCUT2D eigenvalue weighted by atomic mass is 16.5. The standard InChI is InChI=1S/C6H11N3O/c1-3-9-4-5(7)8-6(9)10-2/h4H,3,7H2,1-2H3. The molecule has 0 aliphatic heterocycles. The van der Waals surface area contributed by atoms with Gasteiger partial charge in [0.25, 0.3) is 6.01 Å². The summed E-state index contributed by atoms with van der Waals surface area (Å²) in [6.07, 6.45) is 1.75. The minimum absolute atomic E-state index is 0.499. The normalized spacial score (nSPS) is 9.80. The van der Waals surface area contributed by atoms with Gasteiger partial charge in [0.2, 0.25) is 0 Å². The van der Waals surface area contributed by atoms with Crippen molar-refractivity contribution in [3.63, 3.8) is 0 Å². The number of hydrogen-bond acceptors (Lipinski definition) is 3. The van der Waals surface area contributed by atoms with Gasteiger partial charge in [0.1, 0.15) is 5.82 Å². The van der Waals surface area contributed by atoms with Gasteiger partial charge in [0.15, 0.2) is 0 Å². The molecule has 0 amide bonds. The van der Waals surface area contributed by atoms with E-state index >= 15 is 0 Å². The maximum atomic E-state index is 5.42. The second-order valence-electron chi connectivity index (χ2n) is 1.94. The van der Waals surface area contributed by atoms with Crippen LogP contribution in [0.1, 0.15) is 6.92 Å². The van der Waals surface area contributed by atoms with E-state index in [1.165, 1.54) is 0 Å². The van der Waals surface area contributed by atoms with Gasteiger partial charge >= 0.3 is 0 Å². The molecule has 0 aliphatic carbocycles. The van der Waals surface area contributed by atoms with Gasteiger partial charge < -0.3 is 10.5 Å². The summed E-state index contributed by atoms with van der Waals surface area (Å²) in [5.74, 6) is 0.499. The Balaban J connectivity index is 2.96. The van der Waals surface area contributed by atoms with Crippen molar-refractivity contribution in [3.8, 4) is 6.01 Å². The molecule has 0 saturated heterocycles. The molecule has 1 heterocycles. The van der Waals surface area contributed by atoms with Gasteiger partial charge in [0.05, 0.1) is 13.3 Å². The Kier molecular flexibility index (Phi) is 1.80. The highest BCUT2D eigenvalue weighted by Gasteiger charge is 2.01. The first kappa shape index (κ1) is 6.92. The number of aromatic nitrogens is 2. The molecule has 0 spiro atoms. The molecule has 0 saturated carbocycles. The Morgan fingerprint density at radius 2 is 2.50 bits per heavy atom. The quantitative estimate of drug-likeness (QED) is 0.652. The van der Waals surface area contributed by atoms with Crippen molar-refractivity contribution in [1.82, 2.24) is 9.55 Å². The Hall–Kier alpha value is -1.19. The molecule has 1 rings (SSSR count). The lowest BCUT2D eigenvalue weighted by Gasteiger charge is -1.99. The maximum Gasteiger partial charge on any atom is 0.298 e. The van der Waals surface area contributed by atoms with E-state index < -0.39 is 0 Å². The second kappa shape index (κ2) is 2.60. The van der Waals surface area contributed by atoms with Gasteiger partial charge in [-0.05, 0) is 6.92 Å². The zero-order chi connectivity index (χ0) is 7.56. The number of methoxy groups -OCH3 is 1. The molecule has 0 aliphatic rings. The summed E-state index contributed by atoms with van der Waals surface area (Å²) in [5.41, 5.74) is 5.42. The summed E-state index contributed by atoms with van der Waals surface area (Å²) in [4.78, 5) is 3.92. The number of imidazole rings is 1. The molecule has 0 radical (unpaired) electrons. The third-order valence-electron chi connectivity index (χ3n) is 1.28. The molecule has 4 nitrogen and oxygen atoms in total. The maximum absolute atomic E-state index is 5.42. The summed E-state index contributed by atoms with van der Waals surface area (Å²) in [6.45, 7) is 2.83. The average molecular weight is 141 g/mol. The first-order valence-corrected chi connectivity index (χ1v) is 3.14. The Bertz CT molecular complexity index is 197. The summed E-state index contributed by atoms with van der Waals surface area (Å²) >= 11 is 0. The third kappa shape index (κ3) is 1.05. The van der Waals surface area contributed by atoms with E-state index in [4.69, 9.17) is 10.5 Å². The minimum Gasteiger partial charge on any atom is -0.468 e. The number of ether oxygens (including phenoxy) is 1. The van der Waals surface area contributed by atoms with E-state index in [-0.39, 0.29) is 0 Å². The number of nitrogen functional groups attached to an aromatic ring is 1. The largest absolute Gasteiger partial charge is 0.468 e. The highest BCUT2D eigenvalue weighted by Crippen LogP contribution is 2.11. The fourth-order valence-corrected chi connectivity index (χ4v) is 0.808. The molecule has 4 heteroatoms. The van der Waals surface area contributed by atoms with E-state index in [0.29, 0.717) is 11.8 Å². The van der Waals surface area contributed by atoms with Gasteiger partial charge in [-0.2, -0.15) is 4.98 Å². The second-order valence-corrected chi connectivity index (χ2v) is 1.94. The lowest BCUT2D eigenvalue weighted by Crippen LogP contribution is -1.96. The molecule has 56 valence electrons. The van der Waals surface area contributed by atoms with E-state index in [9.17, 15) is 0 Å². The number of nitrogens with zero attached hydrogens (tertiary/aromatic N) is 2. The van der Waals surface area contributed by atoms with Crippen molar-refractivity contribution >= 4 is 5.82 Å². The van der Waals surface area contributed by atoms with Crippen LogP contribution in [-0.2, 0) is 6.54 Å². The fraction of sp³-hybridized carbons (Fsp3) is 0.500. The Morgan fingerprint density at radius 1 is 1.80 bits per heavy atom. The molecule has 0 atom stereocenters. The van der Waals surface area contributed by atoms with Crippen molar-refractivity contribution in [3.05, 3.63) is 6.20 Å². The van der Waals surface area contributed by atoms with E-state index in [2.05, 4.69) is 4.98 Å². The number of nitrogens with two attached hydrogens (primary N) is 1. The van der Waals surface area contributed by atoms with Crippen molar-refractivity contribution < 1.29 is 4.74 Å². The van der Waals surface area contributed by atoms with Crippen LogP contribution in [0.15, 0.2) is 6.20 Å². The van der Waals surface area contributed by atoms with Crippen LogP contribution in [0.4, 0.5) is 5.82 Å². The topological polar surface area (TPSA) is 53.1 Å². The molecular weight excluding hydrogens is 130 g/mol. The predicted molar refractivity (Wildman–Crippen MR) is 38.9 cm³/mol. The van der Waals surface area contributed by atoms with Gasteiger partial charge in [-0.3, -0.25) is 4.57 Å². The van der Waals surface area contributed by atoms with Crippen LogP contribution in [0.25, 0.3) is 0 Å². The Morgan fingerprint density at radius 3 is 2.90 bits per heavy atom. The van der Waals surface area contributed by atoms with Gasteiger partial charge in [0, 0.05) is 6.54 Å². The SMILES string of the molecule is CCn1cc(N)nc1OC. The first-order chi connectivity index (χ1) is 4.77. The lowest BCUT2D eigenvalue weighted by atomic mass is 10.7. The van der Waals surface area contributed by atoms with E-state index in [1.807, 2.05) is 11.5 Å². The van der Waals surface area contributed by atoms with Gasteiger partial charge in [-0.1, -0.05) is 0 Å². The molecule has 0 bridgehead atoms. The van der Waals surface area contributed by atoms with Crippen LogP contribution in [-0.4, -0.2) is 16.7 Å². The summed E-state index contributed by atoms with van der Waals surface area (Å²) in [5, 5.41) is 0. The van der Waals surface area contributed by atoms with Crippen molar-refractivity contribution in [2.75, 3.05) is 12.8 Å². The lowest BCUT2D eigenvalue weighted by molar-refractivity contribution is 0.359. The first-order valence-electron chi connectivity index (χ1n) is 3.14. The predicted octanol–water partition coefficient (Wildman–Crippen LogP) is 0.494.